The molecule has 2 aromatic carbocycles. The van der Waals surface area contributed by atoms with Crippen molar-refractivity contribution >= 4 is 11.6 Å². The molecule has 0 aliphatic carbocycles. The Bertz CT molecular complexity index is 1130. The van der Waals surface area contributed by atoms with Crippen LogP contribution in [0.1, 0.15) is 29.7 Å². The molecule has 3 aromatic rings. The largest absolute Gasteiger partial charge is 0.491 e. The third-order valence-electron chi connectivity index (χ3n) is 5.24. The number of hydrogen-bond acceptors (Lipinski definition) is 4. The van der Waals surface area contributed by atoms with Crippen LogP contribution in [0.2, 0.25) is 5.02 Å². The molecule has 1 fully saturated rings. The van der Waals surface area contributed by atoms with Gasteiger partial charge in [-0.25, -0.2) is 4.98 Å². The highest BCUT2D eigenvalue weighted by atomic mass is 35.5. The third kappa shape index (κ3) is 5.64. The van der Waals surface area contributed by atoms with E-state index in [1.165, 1.54) is 12.8 Å². The first kappa shape index (κ1) is 20.9. The molecule has 0 radical (unpaired) electrons. The third-order valence-corrected chi connectivity index (χ3v) is 5.49. The van der Waals surface area contributed by atoms with Crippen molar-refractivity contribution in [1.82, 2.24) is 9.88 Å². The average molecular weight is 428 g/mol. The number of benzene rings is 2. The van der Waals surface area contributed by atoms with Gasteiger partial charge in [-0.2, -0.15) is 5.26 Å². The summed E-state index contributed by atoms with van der Waals surface area (Å²) in [7, 11) is 0. The number of nitrogens with zero attached hydrogens (tertiary/aromatic N) is 3. The van der Waals surface area contributed by atoms with Gasteiger partial charge in [0, 0.05) is 28.9 Å². The molecule has 0 N–H and O–H groups in total. The summed E-state index contributed by atoms with van der Waals surface area (Å²) in [4.78, 5) is 6.82. The molecule has 0 atom stereocenters. The Morgan fingerprint density at radius 1 is 0.968 bits per heavy atom. The standard InChI is InChI=1S/C26H22ClN3O/c27-24-8-5-21(6-9-24)22-7-11-25(29-19-22)10-3-20-4-12-26(23(17-20)18-28)31-16-15-30-13-1-2-14-30/h4-9,11-12,17,19H,1-2,13-16H2. The number of nitriles is 1. The van der Waals surface area contributed by atoms with E-state index in [0.29, 0.717) is 28.6 Å². The normalized spacial score (nSPS) is 13.3. The molecule has 0 unspecified atom stereocenters. The minimum absolute atomic E-state index is 0.499. The van der Waals surface area contributed by atoms with Crippen molar-refractivity contribution in [3.05, 3.63) is 82.6 Å². The molecule has 4 rings (SSSR count). The zero-order chi connectivity index (χ0) is 21.5. The van der Waals surface area contributed by atoms with E-state index in [1.807, 2.05) is 48.5 Å². The molecule has 0 amide bonds. The minimum Gasteiger partial charge on any atom is -0.491 e. The Balaban J connectivity index is 1.41. The number of hydrogen-bond donors (Lipinski definition) is 0. The molecule has 5 heteroatoms. The second-order valence-electron chi connectivity index (χ2n) is 7.41. The van der Waals surface area contributed by atoms with E-state index in [4.69, 9.17) is 16.3 Å². The highest BCUT2D eigenvalue weighted by Gasteiger charge is 2.11. The fourth-order valence-electron chi connectivity index (χ4n) is 3.53. The summed E-state index contributed by atoms with van der Waals surface area (Å²) in [6.07, 6.45) is 4.32. The summed E-state index contributed by atoms with van der Waals surface area (Å²) in [5, 5.41) is 10.2. The number of halogens is 1. The van der Waals surface area contributed by atoms with E-state index in [1.54, 1.807) is 12.3 Å². The maximum absolute atomic E-state index is 9.49. The predicted molar refractivity (Wildman–Crippen MR) is 123 cm³/mol. The number of pyridine rings is 1. The van der Waals surface area contributed by atoms with Gasteiger partial charge in [0.1, 0.15) is 24.1 Å². The van der Waals surface area contributed by atoms with Crippen molar-refractivity contribution < 1.29 is 4.74 Å². The first-order valence-electron chi connectivity index (χ1n) is 10.3. The van der Waals surface area contributed by atoms with Crippen LogP contribution in [-0.4, -0.2) is 36.1 Å². The lowest BCUT2D eigenvalue weighted by molar-refractivity contribution is 0.237. The average Bonchev–Trinajstić information content (AvgIpc) is 3.33. The SMILES string of the molecule is N#Cc1cc(C#Cc2ccc(-c3ccc(Cl)cc3)cn2)ccc1OCCN1CCCC1. The highest BCUT2D eigenvalue weighted by Crippen LogP contribution is 2.21. The van der Waals surface area contributed by atoms with E-state index < -0.39 is 0 Å². The van der Waals surface area contributed by atoms with Crippen molar-refractivity contribution in [2.24, 2.45) is 0 Å². The van der Waals surface area contributed by atoms with Gasteiger partial charge in [0.25, 0.3) is 0 Å². The van der Waals surface area contributed by atoms with Crippen molar-refractivity contribution in [3.8, 4) is 34.8 Å². The number of rotatable bonds is 5. The summed E-state index contributed by atoms with van der Waals surface area (Å²) in [6.45, 7) is 3.75. The molecule has 1 aromatic heterocycles. The van der Waals surface area contributed by atoms with Crippen LogP contribution in [0.3, 0.4) is 0 Å². The quantitative estimate of drug-likeness (QED) is 0.528. The Morgan fingerprint density at radius 3 is 2.45 bits per heavy atom. The van der Waals surface area contributed by atoms with Crippen LogP contribution in [0.4, 0.5) is 0 Å². The van der Waals surface area contributed by atoms with Crippen LogP contribution in [-0.2, 0) is 0 Å². The molecule has 31 heavy (non-hydrogen) atoms. The van der Waals surface area contributed by atoms with Gasteiger partial charge in [0.2, 0.25) is 0 Å². The highest BCUT2D eigenvalue weighted by molar-refractivity contribution is 6.30. The zero-order valence-corrected chi connectivity index (χ0v) is 17.9. The second-order valence-corrected chi connectivity index (χ2v) is 7.85. The van der Waals surface area contributed by atoms with Crippen LogP contribution in [0.25, 0.3) is 11.1 Å². The van der Waals surface area contributed by atoms with Gasteiger partial charge in [-0.3, -0.25) is 4.90 Å². The van der Waals surface area contributed by atoms with Crippen molar-refractivity contribution in [1.29, 1.82) is 5.26 Å². The Morgan fingerprint density at radius 2 is 1.74 bits per heavy atom. The molecule has 0 saturated carbocycles. The van der Waals surface area contributed by atoms with E-state index in [2.05, 4.69) is 27.8 Å². The summed E-state index contributed by atoms with van der Waals surface area (Å²) >= 11 is 5.94. The fourth-order valence-corrected chi connectivity index (χ4v) is 3.66. The zero-order valence-electron chi connectivity index (χ0n) is 17.1. The molecular formula is C26H22ClN3O. The lowest BCUT2D eigenvalue weighted by Gasteiger charge is -2.15. The summed E-state index contributed by atoms with van der Waals surface area (Å²) in [6, 6.07) is 19.2. The molecule has 1 aliphatic rings. The van der Waals surface area contributed by atoms with Crippen molar-refractivity contribution in [2.75, 3.05) is 26.2 Å². The molecule has 1 saturated heterocycles. The van der Waals surface area contributed by atoms with E-state index in [9.17, 15) is 5.26 Å². The molecule has 0 bridgehead atoms. The molecule has 1 aliphatic heterocycles. The van der Waals surface area contributed by atoms with Gasteiger partial charge in [-0.05, 0) is 73.8 Å². The molecule has 2 heterocycles. The minimum atomic E-state index is 0.499. The van der Waals surface area contributed by atoms with Gasteiger partial charge in [-0.1, -0.05) is 35.7 Å². The molecule has 154 valence electrons. The molecule has 4 nitrogen and oxygen atoms in total. The van der Waals surface area contributed by atoms with Gasteiger partial charge in [0.15, 0.2) is 0 Å². The number of ether oxygens (including phenoxy) is 1. The lowest BCUT2D eigenvalue weighted by Crippen LogP contribution is -2.25. The van der Waals surface area contributed by atoms with Crippen LogP contribution in [0.15, 0.2) is 60.8 Å². The number of aromatic nitrogens is 1. The Kier molecular flexibility index (Phi) is 6.85. The van der Waals surface area contributed by atoms with Crippen LogP contribution in [0.5, 0.6) is 5.75 Å². The van der Waals surface area contributed by atoms with Crippen molar-refractivity contribution in [3.63, 3.8) is 0 Å². The second kappa shape index (κ2) is 10.1. The summed E-state index contributed by atoms with van der Waals surface area (Å²) < 4.78 is 5.84. The maximum atomic E-state index is 9.49. The Hall–Kier alpha value is -3.31. The lowest BCUT2D eigenvalue weighted by atomic mass is 10.1. The molecule has 0 spiro atoms. The summed E-state index contributed by atoms with van der Waals surface area (Å²) in [5.74, 6) is 6.76. The van der Waals surface area contributed by atoms with E-state index in [0.717, 1.165) is 36.3 Å². The van der Waals surface area contributed by atoms with E-state index >= 15 is 0 Å². The van der Waals surface area contributed by atoms with Gasteiger partial charge >= 0.3 is 0 Å². The topological polar surface area (TPSA) is 49.1 Å². The van der Waals surface area contributed by atoms with Gasteiger partial charge in [0.05, 0.1) is 5.56 Å². The van der Waals surface area contributed by atoms with Crippen molar-refractivity contribution in [2.45, 2.75) is 12.8 Å². The first-order valence-corrected chi connectivity index (χ1v) is 10.7. The first-order chi connectivity index (χ1) is 15.2. The maximum Gasteiger partial charge on any atom is 0.137 e. The molecular weight excluding hydrogens is 406 g/mol. The predicted octanol–water partition coefficient (Wildman–Crippen LogP) is 5.15. The summed E-state index contributed by atoms with van der Waals surface area (Å²) in [5.41, 5.74) is 3.98. The fraction of sp³-hybridized carbons (Fsp3) is 0.231. The monoisotopic (exact) mass is 427 g/mol. The van der Waals surface area contributed by atoms with Crippen LogP contribution < -0.4 is 4.74 Å². The van der Waals surface area contributed by atoms with E-state index in [-0.39, 0.29) is 0 Å². The Labute approximate surface area is 188 Å². The van der Waals surface area contributed by atoms with Gasteiger partial charge in [-0.15, -0.1) is 0 Å². The smallest absolute Gasteiger partial charge is 0.137 e. The van der Waals surface area contributed by atoms with Gasteiger partial charge < -0.3 is 4.74 Å². The van der Waals surface area contributed by atoms with Crippen LogP contribution >= 0.6 is 11.6 Å². The number of likely N-dealkylation sites (tertiary alicyclic amines) is 1. The van der Waals surface area contributed by atoms with Crippen LogP contribution in [0, 0.1) is 23.2 Å².